The van der Waals surface area contributed by atoms with Crippen molar-refractivity contribution in [3.8, 4) is 0 Å². The maximum atomic E-state index is 10.1. The van der Waals surface area contributed by atoms with Crippen LogP contribution in [-0.2, 0) is 11.8 Å². The first-order chi connectivity index (χ1) is 6.38. The lowest BCUT2D eigenvalue weighted by molar-refractivity contribution is -0.0795. The van der Waals surface area contributed by atoms with E-state index < -0.39 is 11.7 Å². The van der Waals surface area contributed by atoms with E-state index in [0.717, 1.165) is 11.3 Å². The van der Waals surface area contributed by atoms with Crippen LogP contribution in [0.1, 0.15) is 31.2 Å². The Morgan fingerprint density at radius 2 is 2.14 bits per heavy atom. The number of aliphatic hydroxyl groups excluding tert-OH is 1. The molecule has 14 heavy (non-hydrogen) atoms. The predicted molar refractivity (Wildman–Crippen MR) is 54.0 cm³/mol. The van der Waals surface area contributed by atoms with E-state index in [0.29, 0.717) is 0 Å². The van der Waals surface area contributed by atoms with Crippen molar-refractivity contribution in [2.24, 2.45) is 7.05 Å². The Labute approximate surface area is 84.5 Å². The molecule has 1 atom stereocenters. The molecule has 0 fully saturated rings. The van der Waals surface area contributed by atoms with Crippen LogP contribution >= 0.6 is 0 Å². The average molecular weight is 198 g/mol. The van der Waals surface area contributed by atoms with Gasteiger partial charge in [-0.2, -0.15) is 5.10 Å². The van der Waals surface area contributed by atoms with Gasteiger partial charge in [0.05, 0.1) is 11.3 Å². The van der Waals surface area contributed by atoms with Crippen LogP contribution in [0.4, 0.5) is 0 Å². The van der Waals surface area contributed by atoms with Gasteiger partial charge in [-0.05, 0) is 20.8 Å². The van der Waals surface area contributed by atoms with Gasteiger partial charge in [-0.25, -0.2) is 0 Å². The zero-order valence-electron chi connectivity index (χ0n) is 9.40. The fraction of sp³-hybridized carbons (Fsp3) is 0.700. The summed E-state index contributed by atoms with van der Waals surface area (Å²) in [6, 6.07) is 0. The third-order valence-corrected chi connectivity index (χ3v) is 2.53. The summed E-state index contributed by atoms with van der Waals surface area (Å²) in [4.78, 5) is 0. The summed E-state index contributed by atoms with van der Waals surface area (Å²) in [6.45, 7) is 5.58. The Balaban J connectivity index is 3.00. The molecule has 0 aliphatic rings. The monoisotopic (exact) mass is 198 g/mol. The third-order valence-electron chi connectivity index (χ3n) is 2.53. The summed E-state index contributed by atoms with van der Waals surface area (Å²) < 4.78 is 6.93. The molecule has 1 rings (SSSR count). The van der Waals surface area contributed by atoms with Gasteiger partial charge in [0.2, 0.25) is 0 Å². The number of rotatable bonds is 3. The van der Waals surface area contributed by atoms with Crippen molar-refractivity contribution in [1.29, 1.82) is 0 Å². The number of aliphatic hydroxyl groups is 1. The first-order valence-electron chi connectivity index (χ1n) is 4.62. The highest BCUT2D eigenvalue weighted by Gasteiger charge is 2.30. The van der Waals surface area contributed by atoms with Gasteiger partial charge >= 0.3 is 0 Å². The maximum absolute atomic E-state index is 10.1. The minimum Gasteiger partial charge on any atom is -0.385 e. The molecule has 1 unspecified atom stereocenters. The van der Waals surface area contributed by atoms with Crippen LogP contribution in [0.2, 0.25) is 0 Å². The van der Waals surface area contributed by atoms with Crippen molar-refractivity contribution >= 4 is 0 Å². The molecule has 4 heteroatoms. The maximum Gasteiger partial charge on any atom is 0.111 e. The van der Waals surface area contributed by atoms with Gasteiger partial charge in [0.15, 0.2) is 0 Å². The molecule has 1 aromatic rings. The number of aryl methyl sites for hydroxylation is 2. The molecule has 0 saturated heterocycles. The largest absolute Gasteiger partial charge is 0.385 e. The minimum atomic E-state index is -0.652. The molecule has 0 bridgehead atoms. The summed E-state index contributed by atoms with van der Waals surface area (Å²) in [7, 11) is 3.43. The number of hydrogen-bond donors (Lipinski definition) is 1. The lowest BCUT2D eigenvalue weighted by Crippen LogP contribution is -2.31. The third kappa shape index (κ3) is 1.96. The fourth-order valence-corrected chi connectivity index (χ4v) is 1.37. The molecule has 0 aliphatic carbocycles. The molecule has 0 aliphatic heterocycles. The Morgan fingerprint density at radius 3 is 2.50 bits per heavy atom. The van der Waals surface area contributed by atoms with E-state index in [1.165, 1.54) is 0 Å². The van der Waals surface area contributed by atoms with Gasteiger partial charge in [-0.3, -0.25) is 4.68 Å². The summed E-state index contributed by atoms with van der Waals surface area (Å²) in [5.41, 5.74) is 1.07. The second kappa shape index (κ2) is 3.71. The smallest absolute Gasteiger partial charge is 0.111 e. The van der Waals surface area contributed by atoms with Crippen molar-refractivity contribution in [2.45, 2.75) is 32.5 Å². The van der Waals surface area contributed by atoms with Gasteiger partial charge < -0.3 is 9.84 Å². The van der Waals surface area contributed by atoms with Crippen molar-refractivity contribution in [3.63, 3.8) is 0 Å². The molecular formula is C10H18N2O2. The quantitative estimate of drug-likeness (QED) is 0.793. The molecule has 1 aromatic heterocycles. The number of methoxy groups -OCH3 is 1. The molecule has 4 nitrogen and oxygen atoms in total. The SMILES string of the molecule is COC(C)(C)C(O)c1cn(C)nc1C. The van der Waals surface area contributed by atoms with E-state index in [4.69, 9.17) is 4.74 Å². The molecule has 0 aromatic carbocycles. The van der Waals surface area contributed by atoms with Crippen LogP contribution < -0.4 is 0 Å². The number of hydrogen-bond acceptors (Lipinski definition) is 3. The average Bonchev–Trinajstić information content (AvgIpc) is 2.44. The van der Waals surface area contributed by atoms with E-state index in [1.807, 2.05) is 34.0 Å². The molecular weight excluding hydrogens is 180 g/mol. The zero-order valence-corrected chi connectivity index (χ0v) is 9.40. The topological polar surface area (TPSA) is 47.3 Å². The highest BCUT2D eigenvalue weighted by Crippen LogP contribution is 2.29. The van der Waals surface area contributed by atoms with Crippen LogP contribution in [-0.4, -0.2) is 27.6 Å². The fourth-order valence-electron chi connectivity index (χ4n) is 1.37. The van der Waals surface area contributed by atoms with Crippen molar-refractivity contribution in [2.75, 3.05) is 7.11 Å². The number of aromatic nitrogens is 2. The summed E-state index contributed by atoms with van der Waals surface area (Å²) in [6.07, 6.45) is 1.17. The first-order valence-corrected chi connectivity index (χ1v) is 4.62. The van der Waals surface area contributed by atoms with Crippen LogP contribution in [0, 0.1) is 6.92 Å². The van der Waals surface area contributed by atoms with Gasteiger partial charge in [0.1, 0.15) is 6.10 Å². The van der Waals surface area contributed by atoms with Gasteiger partial charge in [0, 0.05) is 25.9 Å². The van der Waals surface area contributed by atoms with Crippen LogP contribution in [0.5, 0.6) is 0 Å². The number of nitrogens with zero attached hydrogens (tertiary/aromatic N) is 2. The highest BCUT2D eigenvalue weighted by atomic mass is 16.5. The molecule has 80 valence electrons. The summed E-state index contributed by atoms with van der Waals surface area (Å²) >= 11 is 0. The molecule has 0 spiro atoms. The van der Waals surface area contributed by atoms with Crippen molar-refractivity contribution < 1.29 is 9.84 Å². The molecule has 0 radical (unpaired) electrons. The Kier molecular flexibility index (Phi) is 2.97. The molecule has 0 amide bonds. The van der Waals surface area contributed by atoms with E-state index in [-0.39, 0.29) is 0 Å². The second-order valence-electron chi connectivity index (χ2n) is 4.05. The van der Waals surface area contributed by atoms with E-state index in [1.54, 1.807) is 11.8 Å². The lowest BCUT2D eigenvalue weighted by atomic mass is 9.95. The van der Waals surface area contributed by atoms with Gasteiger partial charge in [-0.15, -0.1) is 0 Å². The van der Waals surface area contributed by atoms with E-state index in [2.05, 4.69) is 5.10 Å². The Bertz CT molecular complexity index is 318. The minimum absolute atomic E-state index is 0.589. The first kappa shape index (κ1) is 11.2. The van der Waals surface area contributed by atoms with E-state index >= 15 is 0 Å². The number of ether oxygens (including phenoxy) is 1. The predicted octanol–water partition coefficient (Wildman–Crippen LogP) is 1.19. The zero-order chi connectivity index (χ0) is 10.9. The second-order valence-corrected chi connectivity index (χ2v) is 4.05. The van der Waals surface area contributed by atoms with Gasteiger partial charge in [0.25, 0.3) is 0 Å². The highest BCUT2D eigenvalue weighted by molar-refractivity contribution is 5.20. The lowest BCUT2D eigenvalue weighted by Gasteiger charge is -2.28. The standard InChI is InChI=1S/C10H18N2O2/c1-7-8(6-12(4)11-7)9(13)10(2,3)14-5/h6,9,13H,1-5H3. The molecule has 1 N–H and O–H groups in total. The summed E-state index contributed by atoms with van der Waals surface area (Å²) in [5, 5.41) is 14.2. The molecule has 1 heterocycles. The Morgan fingerprint density at radius 1 is 1.57 bits per heavy atom. The van der Waals surface area contributed by atoms with Crippen molar-refractivity contribution in [1.82, 2.24) is 9.78 Å². The summed E-state index contributed by atoms with van der Waals surface area (Å²) in [5.74, 6) is 0. The van der Waals surface area contributed by atoms with E-state index in [9.17, 15) is 5.11 Å². The van der Waals surface area contributed by atoms with Crippen molar-refractivity contribution in [3.05, 3.63) is 17.5 Å². The Hall–Kier alpha value is -0.870. The van der Waals surface area contributed by atoms with Crippen LogP contribution in [0.25, 0.3) is 0 Å². The van der Waals surface area contributed by atoms with Crippen LogP contribution in [0.3, 0.4) is 0 Å². The van der Waals surface area contributed by atoms with Crippen LogP contribution in [0.15, 0.2) is 6.20 Å². The molecule has 0 saturated carbocycles. The normalized spacial score (nSPS) is 14.4. The van der Waals surface area contributed by atoms with Gasteiger partial charge in [-0.1, -0.05) is 0 Å².